The molecule has 0 aromatic heterocycles. The maximum absolute atomic E-state index is 13.5. The second-order valence-electron chi connectivity index (χ2n) is 5.55. The van der Waals surface area contributed by atoms with Crippen LogP contribution in [-0.4, -0.2) is 31.5 Å². The van der Waals surface area contributed by atoms with Gasteiger partial charge in [-0.1, -0.05) is 6.07 Å². The molecule has 5 heteroatoms. The van der Waals surface area contributed by atoms with Crippen LogP contribution >= 0.6 is 15.9 Å². The van der Waals surface area contributed by atoms with Gasteiger partial charge in [0, 0.05) is 31.2 Å². The van der Waals surface area contributed by atoms with Crippen molar-refractivity contribution in [2.45, 2.75) is 25.8 Å². The summed E-state index contributed by atoms with van der Waals surface area (Å²) in [4.78, 5) is 0. The summed E-state index contributed by atoms with van der Waals surface area (Å²) < 4.78 is 19.4. The Balaban J connectivity index is 1.96. The van der Waals surface area contributed by atoms with Crippen molar-refractivity contribution in [3.05, 3.63) is 34.1 Å². The lowest BCUT2D eigenvalue weighted by Gasteiger charge is -2.36. The third-order valence-electron chi connectivity index (χ3n) is 4.12. The summed E-state index contributed by atoms with van der Waals surface area (Å²) >= 11 is 3.16. The summed E-state index contributed by atoms with van der Waals surface area (Å²) in [5.41, 5.74) is 0.797. The predicted molar refractivity (Wildman–Crippen MR) is 80.1 cm³/mol. The first-order chi connectivity index (χ1) is 9.56. The average molecular weight is 346 g/mol. The third-order valence-corrected chi connectivity index (χ3v) is 4.76. The predicted octanol–water partition coefficient (Wildman–Crippen LogP) is 3.03. The van der Waals surface area contributed by atoms with Crippen molar-refractivity contribution >= 4 is 15.9 Å². The molecule has 2 N–H and O–H groups in total. The Hall–Kier alpha value is -0.490. The van der Waals surface area contributed by atoms with E-state index >= 15 is 0 Å². The molecule has 20 heavy (non-hydrogen) atoms. The molecule has 0 bridgehead atoms. The van der Waals surface area contributed by atoms with Crippen LogP contribution in [0, 0.1) is 11.2 Å². The number of benzene rings is 1. The highest BCUT2D eigenvalue weighted by Gasteiger charge is 2.32. The van der Waals surface area contributed by atoms with Crippen molar-refractivity contribution in [2.75, 3.05) is 26.4 Å². The van der Waals surface area contributed by atoms with E-state index in [-0.39, 0.29) is 23.9 Å². The average Bonchev–Trinajstić information content (AvgIpc) is 2.48. The van der Waals surface area contributed by atoms with Crippen molar-refractivity contribution in [3.8, 4) is 0 Å². The molecule has 0 spiro atoms. The largest absolute Gasteiger partial charge is 0.396 e. The highest BCUT2D eigenvalue weighted by atomic mass is 79.9. The van der Waals surface area contributed by atoms with E-state index in [1.165, 1.54) is 6.07 Å². The zero-order valence-corrected chi connectivity index (χ0v) is 13.2. The van der Waals surface area contributed by atoms with Gasteiger partial charge in [0.25, 0.3) is 0 Å². The van der Waals surface area contributed by atoms with Crippen LogP contribution in [0.25, 0.3) is 0 Å². The summed E-state index contributed by atoms with van der Waals surface area (Å²) in [7, 11) is 0. The monoisotopic (exact) mass is 345 g/mol. The molecule has 0 saturated carbocycles. The lowest BCUT2D eigenvalue weighted by Crippen LogP contribution is -2.42. The van der Waals surface area contributed by atoms with Crippen LogP contribution in [0.2, 0.25) is 0 Å². The highest BCUT2D eigenvalue weighted by molar-refractivity contribution is 9.10. The number of hydrogen-bond donors (Lipinski definition) is 2. The number of halogens is 2. The number of aliphatic hydroxyl groups excluding tert-OH is 1. The molecular weight excluding hydrogens is 325 g/mol. The normalized spacial score (nSPS) is 19.8. The molecule has 1 aromatic rings. The lowest BCUT2D eigenvalue weighted by atomic mass is 9.80. The zero-order valence-electron chi connectivity index (χ0n) is 11.7. The van der Waals surface area contributed by atoms with Gasteiger partial charge in [-0.05, 0) is 53.4 Å². The molecule has 1 atom stereocenters. The molecule has 112 valence electrons. The molecule has 1 fully saturated rings. The van der Waals surface area contributed by atoms with Crippen molar-refractivity contribution in [2.24, 2.45) is 5.41 Å². The second-order valence-corrected chi connectivity index (χ2v) is 6.40. The molecular formula is C15H21BrFNO2. The number of ether oxygens (including phenoxy) is 1. The van der Waals surface area contributed by atoms with E-state index in [2.05, 4.69) is 21.2 Å². The Morgan fingerprint density at radius 1 is 1.45 bits per heavy atom. The summed E-state index contributed by atoms with van der Waals surface area (Å²) in [6.07, 6.45) is 1.72. The van der Waals surface area contributed by atoms with Crippen LogP contribution < -0.4 is 5.32 Å². The third kappa shape index (κ3) is 3.79. The van der Waals surface area contributed by atoms with Gasteiger partial charge in [0.15, 0.2) is 0 Å². The van der Waals surface area contributed by atoms with Crippen molar-refractivity contribution in [3.63, 3.8) is 0 Å². The second kappa shape index (κ2) is 6.98. The van der Waals surface area contributed by atoms with Crippen LogP contribution in [0.4, 0.5) is 4.39 Å². The number of rotatable bonds is 5. The van der Waals surface area contributed by atoms with Crippen LogP contribution in [0.15, 0.2) is 22.7 Å². The molecule has 1 aromatic carbocycles. The van der Waals surface area contributed by atoms with E-state index in [0.29, 0.717) is 24.2 Å². The van der Waals surface area contributed by atoms with Crippen LogP contribution in [0.5, 0.6) is 0 Å². The zero-order chi connectivity index (χ0) is 14.6. The van der Waals surface area contributed by atoms with Gasteiger partial charge in [-0.15, -0.1) is 0 Å². The lowest BCUT2D eigenvalue weighted by molar-refractivity contribution is -0.0163. The van der Waals surface area contributed by atoms with E-state index in [0.717, 1.165) is 18.4 Å². The quantitative estimate of drug-likeness (QED) is 0.861. The SMILES string of the molecule is CC(NCC1(CO)CCOCC1)c1ccc(Br)c(F)c1. The fourth-order valence-corrected chi connectivity index (χ4v) is 2.71. The maximum Gasteiger partial charge on any atom is 0.137 e. The Bertz CT molecular complexity index is 449. The number of nitrogens with one attached hydrogen (secondary N) is 1. The number of hydrogen-bond acceptors (Lipinski definition) is 3. The molecule has 0 aliphatic carbocycles. The van der Waals surface area contributed by atoms with Gasteiger partial charge in [-0.2, -0.15) is 0 Å². The van der Waals surface area contributed by atoms with Gasteiger partial charge in [-0.25, -0.2) is 4.39 Å². The Morgan fingerprint density at radius 3 is 2.75 bits per heavy atom. The molecule has 1 aliphatic heterocycles. The standard InChI is InChI=1S/C15H21BrFNO2/c1-11(12-2-3-13(16)14(17)8-12)18-9-15(10-19)4-6-20-7-5-15/h2-3,8,11,18-19H,4-7,9-10H2,1H3. The topological polar surface area (TPSA) is 41.5 Å². The molecule has 1 aliphatic rings. The summed E-state index contributed by atoms with van der Waals surface area (Å²) in [5, 5.41) is 13.1. The van der Waals surface area contributed by atoms with Crippen LogP contribution in [0.1, 0.15) is 31.4 Å². The van der Waals surface area contributed by atoms with E-state index in [1.54, 1.807) is 6.07 Å². The van der Waals surface area contributed by atoms with E-state index in [4.69, 9.17) is 4.74 Å². The molecule has 0 radical (unpaired) electrons. The van der Waals surface area contributed by atoms with Gasteiger partial charge in [0.05, 0.1) is 11.1 Å². The fraction of sp³-hybridized carbons (Fsp3) is 0.600. The minimum absolute atomic E-state index is 0.0452. The van der Waals surface area contributed by atoms with Crippen molar-refractivity contribution in [1.82, 2.24) is 5.32 Å². The molecule has 2 rings (SSSR count). The van der Waals surface area contributed by atoms with E-state index in [9.17, 15) is 9.50 Å². The molecule has 1 saturated heterocycles. The van der Waals surface area contributed by atoms with Gasteiger partial charge in [0.2, 0.25) is 0 Å². The molecule has 3 nitrogen and oxygen atoms in total. The first kappa shape index (κ1) is 15.9. The summed E-state index contributed by atoms with van der Waals surface area (Å²) in [6.45, 7) is 4.27. The number of aliphatic hydroxyl groups is 1. The van der Waals surface area contributed by atoms with Crippen LogP contribution in [-0.2, 0) is 4.74 Å². The van der Waals surface area contributed by atoms with Crippen LogP contribution in [0.3, 0.4) is 0 Å². The van der Waals surface area contributed by atoms with Gasteiger partial charge in [-0.3, -0.25) is 0 Å². The van der Waals surface area contributed by atoms with E-state index in [1.807, 2.05) is 13.0 Å². The minimum Gasteiger partial charge on any atom is -0.396 e. The van der Waals surface area contributed by atoms with Gasteiger partial charge < -0.3 is 15.2 Å². The van der Waals surface area contributed by atoms with Crippen molar-refractivity contribution < 1.29 is 14.2 Å². The van der Waals surface area contributed by atoms with Crippen molar-refractivity contribution in [1.29, 1.82) is 0 Å². The first-order valence-corrected chi connectivity index (χ1v) is 7.73. The minimum atomic E-state index is -0.251. The molecule has 1 unspecified atom stereocenters. The fourth-order valence-electron chi connectivity index (χ4n) is 2.46. The smallest absolute Gasteiger partial charge is 0.137 e. The first-order valence-electron chi connectivity index (χ1n) is 6.93. The summed E-state index contributed by atoms with van der Waals surface area (Å²) in [6, 6.07) is 5.21. The Labute approximate surface area is 127 Å². The van der Waals surface area contributed by atoms with E-state index < -0.39 is 0 Å². The maximum atomic E-state index is 13.5. The van der Waals surface area contributed by atoms with Gasteiger partial charge >= 0.3 is 0 Å². The highest BCUT2D eigenvalue weighted by Crippen LogP contribution is 2.30. The Morgan fingerprint density at radius 2 is 2.15 bits per heavy atom. The Kier molecular flexibility index (Phi) is 5.55. The molecule has 1 heterocycles. The molecule has 0 amide bonds. The van der Waals surface area contributed by atoms with Gasteiger partial charge in [0.1, 0.15) is 5.82 Å². The summed E-state index contributed by atoms with van der Waals surface area (Å²) in [5.74, 6) is -0.251.